The highest BCUT2D eigenvalue weighted by Crippen LogP contribution is 2.32. The maximum Gasteiger partial charge on any atom is 0.243 e. The maximum atomic E-state index is 12.7. The molecule has 1 amide bonds. The molecule has 1 atom stereocenters. The van der Waals surface area contributed by atoms with E-state index < -0.39 is 0 Å². The van der Waals surface area contributed by atoms with Crippen molar-refractivity contribution >= 4 is 23.0 Å². The molecular formula is C21H26N4O3. The molecule has 28 heavy (non-hydrogen) atoms. The number of nitrogen functional groups attached to an aromatic ring is 2. The van der Waals surface area contributed by atoms with E-state index >= 15 is 0 Å². The zero-order chi connectivity index (χ0) is 20.3. The summed E-state index contributed by atoms with van der Waals surface area (Å²) in [6, 6.07) is 11.0. The first-order valence-corrected chi connectivity index (χ1v) is 9.22. The third-order valence-electron chi connectivity index (χ3n) is 4.99. The summed E-state index contributed by atoms with van der Waals surface area (Å²) in [6.45, 7) is 2.36. The molecule has 0 spiro atoms. The van der Waals surface area contributed by atoms with Crippen molar-refractivity contribution in [1.29, 1.82) is 0 Å². The second kappa shape index (κ2) is 8.21. The number of methoxy groups -OCH3 is 2. The van der Waals surface area contributed by atoms with E-state index in [-0.39, 0.29) is 11.8 Å². The molecule has 148 valence electrons. The quantitative estimate of drug-likeness (QED) is 0.748. The standard InChI is InChI=1S/C21H26N4O3/c1-4-13-10-20(26)25(12-15-5-7-16(22)11-17(15)23)24-21(13)14-6-8-18(27-2)19(9-14)28-3/h5-9,11,13H,4,10,12,22-23H2,1-3H3. The summed E-state index contributed by atoms with van der Waals surface area (Å²) in [6.07, 6.45) is 1.22. The molecule has 1 unspecified atom stereocenters. The van der Waals surface area contributed by atoms with Crippen LogP contribution in [0.4, 0.5) is 11.4 Å². The molecule has 4 N–H and O–H groups in total. The van der Waals surface area contributed by atoms with Crippen molar-refractivity contribution in [2.45, 2.75) is 26.3 Å². The van der Waals surface area contributed by atoms with E-state index in [1.807, 2.05) is 24.3 Å². The van der Waals surface area contributed by atoms with Gasteiger partial charge in [-0.3, -0.25) is 4.79 Å². The highest BCUT2D eigenvalue weighted by molar-refractivity contribution is 6.06. The normalized spacial score (nSPS) is 16.7. The second-order valence-electron chi connectivity index (χ2n) is 6.77. The molecule has 0 aliphatic carbocycles. The predicted octanol–water partition coefficient (Wildman–Crippen LogP) is 3.03. The van der Waals surface area contributed by atoms with Crippen molar-refractivity contribution in [1.82, 2.24) is 5.01 Å². The average molecular weight is 382 g/mol. The lowest BCUT2D eigenvalue weighted by Crippen LogP contribution is -2.36. The molecule has 0 saturated carbocycles. The number of benzene rings is 2. The van der Waals surface area contributed by atoms with Crippen molar-refractivity contribution in [3.05, 3.63) is 47.5 Å². The van der Waals surface area contributed by atoms with Crippen molar-refractivity contribution in [2.24, 2.45) is 11.0 Å². The van der Waals surface area contributed by atoms with Gasteiger partial charge >= 0.3 is 0 Å². The molecular weight excluding hydrogens is 356 g/mol. The van der Waals surface area contributed by atoms with Gasteiger partial charge in [0, 0.05) is 29.3 Å². The largest absolute Gasteiger partial charge is 0.493 e. The summed E-state index contributed by atoms with van der Waals surface area (Å²) < 4.78 is 10.7. The lowest BCUT2D eigenvalue weighted by atomic mass is 9.89. The molecule has 1 aliphatic heterocycles. The van der Waals surface area contributed by atoms with Gasteiger partial charge in [0.25, 0.3) is 0 Å². The van der Waals surface area contributed by atoms with Crippen LogP contribution < -0.4 is 20.9 Å². The van der Waals surface area contributed by atoms with Gasteiger partial charge < -0.3 is 20.9 Å². The Morgan fingerprint density at radius 2 is 1.86 bits per heavy atom. The number of ether oxygens (including phenoxy) is 2. The number of carbonyl (C=O) groups is 1. The number of amides is 1. The fourth-order valence-corrected chi connectivity index (χ4v) is 3.35. The Hall–Kier alpha value is -3.22. The van der Waals surface area contributed by atoms with Crippen LogP contribution >= 0.6 is 0 Å². The van der Waals surface area contributed by atoms with E-state index in [4.69, 9.17) is 26.0 Å². The minimum absolute atomic E-state index is 0.0210. The highest BCUT2D eigenvalue weighted by atomic mass is 16.5. The van der Waals surface area contributed by atoms with Crippen LogP contribution in [0.15, 0.2) is 41.5 Å². The van der Waals surface area contributed by atoms with Crippen molar-refractivity contribution < 1.29 is 14.3 Å². The number of anilines is 2. The first-order chi connectivity index (χ1) is 13.5. The monoisotopic (exact) mass is 382 g/mol. The van der Waals surface area contributed by atoms with Gasteiger partial charge in [-0.2, -0.15) is 5.10 Å². The van der Waals surface area contributed by atoms with E-state index in [9.17, 15) is 4.79 Å². The molecule has 7 heteroatoms. The number of hydrogen-bond acceptors (Lipinski definition) is 6. The molecule has 0 aromatic heterocycles. The Bertz CT molecular complexity index is 911. The lowest BCUT2D eigenvalue weighted by Gasteiger charge is -2.29. The smallest absolute Gasteiger partial charge is 0.243 e. The third-order valence-corrected chi connectivity index (χ3v) is 4.99. The summed E-state index contributed by atoms with van der Waals surface area (Å²) in [5, 5.41) is 6.18. The minimum atomic E-state index is -0.0210. The van der Waals surface area contributed by atoms with Gasteiger partial charge in [-0.15, -0.1) is 0 Å². The third kappa shape index (κ3) is 3.88. The fraction of sp³-hybridized carbons (Fsp3) is 0.333. The van der Waals surface area contributed by atoms with Crippen LogP contribution in [0.3, 0.4) is 0 Å². The number of nitrogens with two attached hydrogens (primary N) is 2. The number of nitrogens with zero attached hydrogens (tertiary/aromatic N) is 2. The summed E-state index contributed by atoms with van der Waals surface area (Å²) in [5.74, 6) is 1.31. The molecule has 1 aliphatic rings. The first-order valence-electron chi connectivity index (χ1n) is 9.22. The zero-order valence-corrected chi connectivity index (χ0v) is 16.4. The number of rotatable bonds is 6. The zero-order valence-electron chi connectivity index (χ0n) is 16.4. The van der Waals surface area contributed by atoms with Gasteiger partial charge in [0.15, 0.2) is 11.5 Å². The molecule has 2 aromatic carbocycles. The van der Waals surface area contributed by atoms with E-state index in [1.54, 1.807) is 26.4 Å². The van der Waals surface area contributed by atoms with Gasteiger partial charge in [0.1, 0.15) is 0 Å². The van der Waals surface area contributed by atoms with E-state index in [0.29, 0.717) is 35.8 Å². The number of hydrogen-bond donors (Lipinski definition) is 2. The molecule has 0 bridgehead atoms. The Balaban J connectivity index is 1.97. The van der Waals surface area contributed by atoms with Gasteiger partial charge in [0.05, 0.1) is 26.5 Å². The Labute approximate surface area is 164 Å². The van der Waals surface area contributed by atoms with Gasteiger partial charge in [-0.25, -0.2) is 5.01 Å². The number of hydrazone groups is 1. The molecule has 3 rings (SSSR count). The van der Waals surface area contributed by atoms with E-state index in [0.717, 1.165) is 23.3 Å². The Morgan fingerprint density at radius 3 is 2.50 bits per heavy atom. The molecule has 2 aromatic rings. The van der Waals surface area contributed by atoms with Crippen molar-refractivity contribution in [3.8, 4) is 11.5 Å². The van der Waals surface area contributed by atoms with Crippen LogP contribution in [-0.4, -0.2) is 30.8 Å². The number of carbonyl (C=O) groups excluding carboxylic acids is 1. The molecule has 0 saturated heterocycles. The molecule has 1 heterocycles. The first kappa shape index (κ1) is 19.5. The van der Waals surface area contributed by atoms with Crippen LogP contribution in [0.2, 0.25) is 0 Å². The summed E-state index contributed by atoms with van der Waals surface area (Å²) in [5.41, 5.74) is 15.5. The SMILES string of the molecule is CCC1CC(=O)N(Cc2ccc(N)cc2N)N=C1c1ccc(OC)c(OC)c1. The Morgan fingerprint density at radius 1 is 1.11 bits per heavy atom. The van der Waals surface area contributed by atoms with Crippen LogP contribution in [0.5, 0.6) is 11.5 Å². The summed E-state index contributed by atoms with van der Waals surface area (Å²) in [7, 11) is 3.20. The van der Waals surface area contributed by atoms with E-state index in [1.165, 1.54) is 5.01 Å². The van der Waals surface area contributed by atoms with E-state index in [2.05, 4.69) is 6.92 Å². The van der Waals surface area contributed by atoms with Crippen LogP contribution in [0.25, 0.3) is 0 Å². The predicted molar refractivity (Wildman–Crippen MR) is 110 cm³/mol. The molecule has 7 nitrogen and oxygen atoms in total. The maximum absolute atomic E-state index is 12.7. The van der Waals surface area contributed by atoms with Crippen molar-refractivity contribution in [2.75, 3.05) is 25.7 Å². The van der Waals surface area contributed by atoms with Crippen LogP contribution in [-0.2, 0) is 11.3 Å². The van der Waals surface area contributed by atoms with Gasteiger partial charge in [-0.1, -0.05) is 13.0 Å². The highest BCUT2D eigenvalue weighted by Gasteiger charge is 2.30. The molecule has 0 radical (unpaired) electrons. The second-order valence-corrected chi connectivity index (χ2v) is 6.77. The van der Waals surface area contributed by atoms with Gasteiger partial charge in [0.2, 0.25) is 5.91 Å². The minimum Gasteiger partial charge on any atom is -0.493 e. The summed E-state index contributed by atoms with van der Waals surface area (Å²) in [4.78, 5) is 12.7. The Kier molecular flexibility index (Phi) is 5.73. The van der Waals surface area contributed by atoms with Gasteiger partial charge in [-0.05, 0) is 42.3 Å². The fourth-order valence-electron chi connectivity index (χ4n) is 3.35. The lowest BCUT2D eigenvalue weighted by molar-refractivity contribution is -0.133. The van der Waals surface area contributed by atoms with Crippen LogP contribution in [0.1, 0.15) is 30.9 Å². The van der Waals surface area contributed by atoms with Crippen LogP contribution in [0, 0.1) is 5.92 Å². The molecule has 0 fully saturated rings. The van der Waals surface area contributed by atoms with Crippen molar-refractivity contribution in [3.63, 3.8) is 0 Å². The topological polar surface area (TPSA) is 103 Å². The summed E-state index contributed by atoms with van der Waals surface area (Å²) >= 11 is 0. The average Bonchev–Trinajstić information content (AvgIpc) is 2.70.